The molecule has 1 heteroatoms. The highest BCUT2D eigenvalue weighted by atomic mass is 16.5. The Hall–Kier alpha value is -0.300. The fourth-order valence-corrected chi connectivity index (χ4v) is 0.470. The van der Waals surface area contributed by atoms with Crippen LogP contribution in [-0.2, 0) is 4.74 Å². The van der Waals surface area contributed by atoms with E-state index in [1.807, 2.05) is 0 Å². The highest BCUT2D eigenvalue weighted by molar-refractivity contribution is 4.79. The molecule has 48 valence electrons. The zero-order chi connectivity index (χ0) is 6.24. The lowest BCUT2D eigenvalue weighted by molar-refractivity contribution is 0.204. The van der Waals surface area contributed by atoms with Crippen LogP contribution in [0.5, 0.6) is 0 Å². The van der Waals surface area contributed by atoms with Crippen molar-refractivity contribution < 1.29 is 4.74 Å². The van der Waals surface area contributed by atoms with Gasteiger partial charge >= 0.3 is 0 Å². The Balaban J connectivity index is 2.80. The van der Waals surface area contributed by atoms with Crippen LogP contribution in [0, 0.1) is 0 Å². The van der Waals surface area contributed by atoms with E-state index in [0.29, 0.717) is 0 Å². The van der Waals surface area contributed by atoms with Crippen molar-refractivity contribution in [3.8, 4) is 0 Å². The van der Waals surface area contributed by atoms with Gasteiger partial charge in [0.2, 0.25) is 0 Å². The summed E-state index contributed by atoms with van der Waals surface area (Å²) in [5.74, 6) is 0. The molecule has 8 heavy (non-hydrogen) atoms. The lowest BCUT2D eigenvalue weighted by Crippen LogP contribution is -1.82. The number of rotatable bonds is 4. The monoisotopic (exact) mass is 114 g/mol. The van der Waals surface area contributed by atoms with Crippen LogP contribution < -0.4 is 0 Å². The van der Waals surface area contributed by atoms with Crippen molar-refractivity contribution in [1.82, 2.24) is 0 Å². The third-order valence-electron chi connectivity index (χ3n) is 0.891. The van der Waals surface area contributed by atoms with Gasteiger partial charge < -0.3 is 4.74 Å². The third kappa shape index (κ3) is 5.70. The summed E-state index contributed by atoms with van der Waals surface area (Å²) in [5, 5.41) is 0. The van der Waals surface area contributed by atoms with E-state index in [9.17, 15) is 0 Å². The molecule has 0 saturated carbocycles. The van der Waals surface area contributed by atoms with E-state index < -0.39 is 0 Å². The average molecular weight is 114 g/mol. The molecule has 0 heterocycles. The molecular formula is C7H14O. The fraction of sp³-hybridized carbons (Fsp3) is 0.714. The maximum Gasteiger partial charge on any atom is 0.0496 e. The molecular weight excluding hydrogens is 100 g/mol. The molecule has 0 saturated heterocycles. The first-order valence-corrected chi connectivity index (χ1v) is 3.05. The van der Waals surface area contributed by atoms with Gasteiger partial charge in [0.15, 0.2) is 0 Å². The largest absolute Gasteiger partial charge is 0.384 e. The van der Waals surface area contributed by atoms with Crippen molar-refractivity contribution in [2.45, 2.75) is 19.8 Å². The Bertz CT molecular complexity index is 57.4. The maximum absolute atomic E-state index is 4.84. The summed E-state index contributed by atoms with van der Waals surface area (Å²) in [6.45, 7) is 2.97. The lowest BCUT2D eigenvalue weighted by Gasteiger charge is -1.88. The normalized spacial score (nSPS) is 10.8. The van der Waals surface area contributed by atoms with Crippen LogP contribution in [0.3, 0.4) is 0 Å². The summed E-state index contributed by atoms with van der Waals surface area (Å²) in [4.78, 5) is 0. The quantitative estimate of drug-likeness (QED) is 0.401. The Kier molecular flexibility index (Phi) is 6.45. The molecule has 0 aliphatic heterocycles. The summed E-state index contributed by atoms with van der Waals surface area (Å²) in [6.07, 6.45) is 6.47. The van der Waals surface area contributed by atoms with E-state index >= 15 is 0 Å². The highest BCUT2D eigenvalue weighted by Crippen LogP contribution is 1.85. The van der Waals surface area contributed by atoms with E-state index in [2.05, 4.69) is 19.1 Å². The minimum absolute atomic E-state index is 0.844. The summed E-state index contributed by atoms with van der Waals surface area (Å²) in [5.41, 5.74) is 0. The Labute approximate surface area is 51.4 Å². The van der Waals surface area contributed by atoms with E-state index in [0.717, 1.165) is 19.4 Å². The maximum atomic E-state index is 4.84. The van der Waals surface area contributed by atoms with Gasteiger partial charge in [0.1, 0.15) is 0 Å². The molecule has 0 N–H and O–H groups in total. The second-order valence-corrected chi connectivity index (χ2v) is 1.66. The molecule has 1 nitrogen and oxygen atoms in total. The highest BCUT2D eigenvalue weighted by Gasteiger charge is 1.73. The van der Waals surface area contributed by atoms with E-state index in [1.165, 1.54) is 0 Å². The van der Waals surface area contributed by atoms with Crippen molar-refractivity contribution in [3.05, 3.63) is 12.2 Å². The van der Waals surface area contributed by atoms with Gasteiger partial charge in [-0.25, -0.2) is 0 Å². The molecule has 0 spiro atoms. The van der Waals surface area contributed by atoms with E-state index in [1.54, 1.807) is 7.11 Å². The zero-order valence-corrected chi connectivity index (χ0v) is 5.68. The van der Waals surface area contributed by atoms with Gasteiger partial charge in [0, 0.05) is 13.7 Å². The zero-order valence-electron chi connectivity index (χ0n) is 5.68. The summed E-state index contributed by atoms with van der Waals surface area (Å²) < 4.78 is 4.84. The van der Waals surface area contributed by atoms with Gasteiger partial charge in [0.25, 0.3) is 0 Å². The molecule has 0 rings (SSSR count). The number of allylic oxidation sites excluding steroid dienone is 1. The molecule has 0 aromatic carbocycles. The van der Waals surface area contributed by atoms with Gasteiger partial charge in [0.05, 0.1) is 0 Å². The first kappa shape index (κ1) is 7.70. The molecule has 0 atom stereocenters. The van der Waals surface area contributed by atoms with Crippen molar-refractivity contribution in [2.75, 3.05) is 13.7 Å². The standard InChI is InChI=1S/C7H14O/c1-3-4-5-6-7-8-2/h4-5H,3,6-7H2,1-2H3/b5-4+. The van der Waals surface area contributed by atoms with E-state index in [-0.39, 0.29) is 0 Å². The minimum atomic E-state index is 0.844. The first-order valence-electron chi connectivity index (χ1n) is 3.05. The van der Waals surface area contributed by atoms with Crippen molar-refractivity contribution in [3.63, 3.8) is 0 Å². The first-order chi connectivity index (χ1) is 3.91. The Morgan fingerprint density at radius 2 is 2.12 bits per heavy atom. The van der Waals surface area contributed by atoms with Gasteiger partial charge in [-0.2, -0.15) is 0 Å². The van der Waals surface area contributed by atoms with Gasteiger partial charge in [-0.3, -0.25) is 0 Å². The molecule has 0 aromatic heterocycles. The minimum Gasteiger partial charge on any atom is -0.384 e. The van der Waals surface area contributed by atoms with Crippen LogP contribution in [0.1, 0.15) is 19.8 Å². The van der Waals surface area contributed by atoms with Crippen molar-refractivity contribution in [1.29, 1.82) is 0 Å². The third-order valence-corrected chi connectivity index (χ3v) is 0.891. The second kappa shape index (κ2) is 6.70. The van der Waals surface area contributed by atoms with Crippen LogP contribution in [0.2, 0.25) is 0 Å². The molecule has 0 aliphatic rings. The molecule has 0 unspecified atom stereocenters. The number of hydrogen-bond acceptors (Lipinski definition) is 1. The Morgan fingerprint density at radius 3 is 2.62 bits per heavy atom. The molecule has 0 radical (unpaired) electrons. The smallest absolute Gasteiger partial charge is 0.0496 e. The summed E-state index contributed by atoms with van der Waals surface area (Å²) >= 11 is 0. The molecule has 0 bridgehead atoms. The van der Waals surface area contributed by atoms with Crippen molar-refractivity contribution in [2.24, 2.45) is 0 Å². The van der Waals surface area contributed by atoms with Gasteiger partial charge in [-0.15, -0.1) is 0 Å². The average Bonchev–Trinajstić information content (AvgIpc) is 1.81. The van der Waals surface area contributed by atoms with Gasteiger partial charge in [-0.1, -0.05) is 19.1 Å². The Morgan fingerprint density at radius 1 is 1.38 bits per heavy atom. The van der Waals surface area contributed by atoms with Crippen LogP contribution >= 0.6 is 0 Å². The number of hydrogen-bond donors (Lipinski definition) is 0. The number of ether oxygens (including phenoxy) is 1. The SMILES string of the molecule is CC/C=C/CCOC. The summed E-state index contributed by atoms with van der Waals surface area (Å²) in [6, 6.07) is 0. The predicted molar refractivity (Wildman–Crippen MR) is 35.9 cm³/mol. The van der Waals surface area contributed by atoms with Crippen LogP contribution in [0.15, 0.2) is 12.2 Å². The predicted octanol–water partition coefficient (Wildman–Crippen LogP) is 1.99. The van der Waals surface area contributed by atoms with Crippen LogP contribution in [-0.4, -0.2) is 13.7 Å². The van der Waals surface area contributed by atoms with Crippen LogP contribution in [0.4, 0.5) is 0 Å². The summed E-state index contributed by atoms with van der Waals surface area (Å²) in [7, 11) is 1.72. The molecule has 0 aliphatic carbocycles. The topological polar surface area (TPSA) is 9.23 Å². The second-order valence-electron chi connectivity index (χ2n) is 1.66. The molecule has 0 aromatic rings. The van der Waals surface area contributed by atoms with Crippen LogP contribution in [0.25, 0.3) is 0 Å². The van der Waals surface area contributed by atoms with Crippen molar-refractivity contribution >= 4 is 0 Å². The lowest BCUT2D eigenvalue weighted by atomic mass is 10.3. The fourth-order valence-electron chi connectivity index (χ4n) is 0.470. The van der Waals surface area contributed by atoms with Gasteiger partial charge in [-0.05, 0) is 12.8 Å². The number of methoxy groups -OCH3 is 1. The molecule has 0 fully saturated rings. The van der Waals surface area contributed by atoms with E-state index in [4.69, 9.17) is 4.74 Å². The molecule has 0 amide bonds.